The first kappa shape index (κ1) is 14.7. The Balaban J connectivity index is 3.07. The summed E-state index contributed by atoms with van der Waals surface area (Å²) in [5.41, 5.74) is 0.827. The third kappa shape index (κ3) is 4.14. The van der Waals surface area contributed by atoms with Crippen molar-refractivity contribution >= 4 is 27.5 Å². The predicted octanol–water partition coefficient (Wildman–Crippen LogP) is 1.12. The molecule has 1 rings (SSSR count). The Morgan fingerprint density at radius 1 is 1.44 bits per heavy atom. The molecule has 0 saturated heterocycles. The number of hydrogen-bond donors (Lipinski definition) is 2. The number of primary sulfonamides is 1. The molecule has 0 heterocycles. The van der Waals surface area contributed by atoms with Crippen LogP contribution in [0.4, 0.5) is 0 Å². The van der Waals surface area contributed by atoms with Gasteiger partial charge in [0.25, 0.3) is 5.91 Å². The topological polar surface area (TPSA) is 89.3 Å². The van der Waals surface area contributed by atoms with Gasteiger partial charge in [0, 0.05) is 10.6 Å². The van der Waals surface area contributed by atoms with Gasteiger partial charge in [-0.3, -0.25) is 4.79 Å². The first-order chi connectivity index (χ1) is 8.20. The van der Waals surface area contributed by atoms with Crippen LogP contribution in [-0.4, -0.2) is 20.9 Å². The van der Waals surface area contributed by atoms with Crippen LogP contribution in [0.25, 0.3) is 0 Å². The van der Waals surface area contributed by atoms with Crippen molar-refractivity contribution in [3.05, 3.63) is 40.9 Å². The lowest BCUT2D eigenvalue weighted by atomic mass is 10.1. The van der Waals surface area contributed by atoms with Gasteiger partial charge >= 0.3 is 0 Å². The SMILES string of the molecule is C=C(Cl)CNC(=O)c1cc(C)cc(S(N)(=O)=O)c1. The third-order valence-corrected chi connectivity index (χ3v) is 3.11. The molecule has 7 heteroatoms. The molecule has 0 bridgehead atoms. The summed E-state index contributed by atoms with van der Waals surface area (Å²) in [4.78, 5) is 11.6. The second-order valence-electron chi connectivity index (χ2n) is 3.78. The molecule has 0 aliphatic carbocycles. The number of amides is 1. The molecule has 0 spiro atoms. The van der Waals surface area contributed by atoms with E-state index < -0.39 is 15.9 Å². The number of benzene rings is 1. The van der Waals surface area contributed by atoms with Gasteiger partial charge < -0.3 is 5.32 Å². The van der Waals surface area contributed by atoms with Crippen LogP contribution in [0.1, 0.15) is 15.9 Å². The van der Waals surface area contributed by atoms with E-state index in [1.807, 2.05) is 0 Å². The second-order valence-corrected chi connectivity index (χ2v) is 5.88. The van der Waals surface area contributed by atoms with E-state index in [0.717, 1.165) is 0 Å². The maximum absolute atomic E-state index is 11.7. The molecule has 0 aliphatic rings. The van der Waals surface area contributed by atoms with E-state index in [0.29, 0.717) is 5.56 Å². The fourth-order valence-corrected chi connectivity index (χ4v) is 2.03. The number of halogens is 1. The zero-order valence-corrected chi connectivity index (χ0v) is 11.3. The molecule has 0 aromatic heterocycles. The Hall–Kier alpha value is -1.37. The molecule has 1 aromatic carbocycles. The summed E-state index contributed by atoms with van der Waals surface area (Å²) in [6.45, 7) is 5.21. The standard InChI is InChI=1S/C11H13ClN2O3S/c1-7-3-9(11(15)14-6-8(2)12)5-10(4-7)18(13,16)17/h3-5H,2,6H2,1H3,(H,14,15)(H2,13,16,17). The molecule has 0 saturated carbocycles. The Bertz CT molecular complexity index is 596. The van der Waals surface area contributed by atoms with Crippen molar-refractivity contribution in [3.63, 3.8) is 0 Å². The monoisotopic (exact) mass is 288 g/mol. The zero-order chi connectivity index (χ0) is 13.9. The highest BCUT2D eigenvalue weighted by Crippen LogP contribution is 2.13. The lowest BCUT2D eigenvalue weighted by Gasteiger charge is -2.07. The lowest BCUT2D eigenvalue weighted by molar-refractivity contribution is 0.0957. The highest BCUT2D eigenvalue weighted by Gasteiger charge is 2.13. The van der Waals surface area contributed by atoms with Crippen molar-refractivity contribution < 1.29 is 13.2 Å². The summed E-state index contributed by atoms with van der Waals surface area (Å²) in [5.74, 6) is -0.439. The van der Waals surface area contributed by atoms with Gasteiger partial charge in [0.05, 0.1) is 11.4 Å². The molecular formula is C11H13ClN2O3S. The van der Waals surface area contributed by atoms with Crippen LogP contribution in [0.3, 0.4) is 0 Å². The summed E-state index contributed by atoms with van der Waals surface area (Å²) in [7, 11) is -3.84. The highest BCUT2D eigenvalue weighted by atomic mass is 35.5. The highest BCUT2D eigenvalue weighted by molar-refractivity contribution is 7.89. The molecule has 0 radical (unpaired) electrons. The number of carbonyl (C=O) groups excluding carboxylic acids is 1. The van der Waals surface area contributed by atoms with E-state index in [9.17, 15) is 13.2 Å². The van der Waals surface area contributed by atoms with E-state index in [4.69, 9.17) is 16.7 Å². The quantitative estimate of drug-likeness (QED) is 0.870. The first-order valence-corrected chi connectivity index (χ1v) is 6.88. The molecule has 98 valence electrons. The van der Waals surface area contributed by atoms with Crippen LogP contribution in [0.5, 0.6) is 0 Å². The molecule has 1 aromatic rings. The summed E-state index contributed by atoms with van der Waals surface area (Å²) in [6, 6.07) is 4.17. The molecule has 1 amide bonds. The number of aryl methyl sites for hydroxylation is 1. The first-order valence-electron chi connectivity index (χ1n) is 4.96. The van der Waals surface area contributed by atoms with Gasteiger partial charge in [0.15, 0.2) is 0 Å². The molecule has 5 nitrogen and oxygen atoms in total. The summed E-state index contributed by atoms with van der Waals surface area (Å²) >= 11 is 5.52. The van der Waals surface area contributed by atoms with Gasteiger partial charge in [-0.1, -0.05) is 18.2 Å². The Morgan fingerprint density at radius 2 is 2.06 bits per heavy atom. The Morgan fingerprint density at radius 3 is 2.56 bits per heavy atom. The van der Waals surface area contributed by atoms with E-state index in [-0.39, 0.29) is 22.0 Å². The fourth-order valence-electron chi connectivity index (χ4n) is 1.32. The maximum atomic E-state index is 11.7. The normalized spacial score (nSPS) is 11.1. The van der Waals surface area contributed by atoms with Crippen LogP contribution in [0.15, 0.2) is 34.7 Å². The predicted molar refractivity (Wildman–Crippen MR) is 69.9 cm³/mol. The van der Waals surface area contributed by atoms with E-state index in [2.05, 4.69) is 11.9 Å². The largest absolute Gasteiger partial charge is 0.347 e. The zero-order valence-electron chi connectivity index (χ0n) is 9.73. The van der Waals surface area contributed by atoms with Crippen molar-refractivity contribution in [2.45, 2.75) is 11.8 Å². The van der Waals surface area contributed by atoms with Crippen molar-refractivity contribution in [2.75, 3.05) is 6.54 Å². The van der Waals surface area contributed by atoms with E-state index in [1.54, 1.807) is 13.0 Å². The van der Waals surface area contributed by atoms with Gasteiger partial charge in [0.2, 0.25) is 10.0 Å². The minimum atomic E-state index is -3.84. The molecule has 0 aliphatic heterocycles. The van der Waals surface area contributed by atoms with Gasteiger partial charge in [-0.2, -0.15) is 0 Å². The summed E-state index contributed by atoms with van der Waals surface area (Å²) in [5, 5.41) is 7.80. The minimum absolute atomic E-state index is 0.0997. The Labute approximate surface area is 111 Å². The van der Waals surface area contributed by atoms with E-state index in [1.165, 1.54) is 12.1 Å². The number of sulfonamides is 1. The maximum Gasteiger partial charge on any atom is 0.251 e. The average Bonchev–Trinajstić information content (AvgIpc) is 2.23. The van der Waals surface area contributed by atoms with Crippen molar-refractivity contribution in [2.24, 2.45) is 5.14 Å². The van der Waals surface area contributed by atoms with Crippen LogP contribution in [0.2, 0.25) is 0 Å². The van der Waals surface area contributed by atoms with Crippen LogP contribution in [0, 0.1) is 6.92 Å². The number of nitrogens with one attached hydrogen (secondary N) is 1. The van der Waals surface area contributed by atoms with Crippen LogP contribution < -0.4 is 10.5 Å². The molecular weight excluding hydrogens is 276 g/mol. The average molecular weight is 289 g/mol. The summed E-state index contributed by atoms with van der Waals surface area (Å²) < 4.78 is 22.5. The Kier molecular flexibility index (Phi) is 4.50. The van der Waals surface area contributed by atoms with Gasteiger partial charge in [-0.25, -0.2) is 13.6 Å². The number of hydrogen-bond acceptors (Lipinski definition) is 3. The molecule has 18 heavy (non-hydrogen) atoms. The van der Waals surface area contributed by atoms with Crippen molar-refractivity contribution in [1.82, 2.24) is 5.32 Å². The second kappa shape index (κ2) is 5.51. The van der Waals surface area contributed by atoms with E-state index >= 15 is 0 Å². The fraction of sp³-hybridized carbons (Fsp3) is 0.182. The van der Waals surface area contributed by atoms with Crippen molar-refractivity contribution in [1.29, 1.82) is 0 Å². The number of carbonyl (C=O) groups is 1. The van der Waals surface area contributed by atoms with Gasteiger partial charge in [-0.05, 0) is 30.7 Å². The number of rotatable bonds is 4. The molecule has 0 unspecified atom stereocenters. The third-order valence-electron chi connectivity index (χ3n) is 2.08. The molecule has 3 N–H and O–H groups in total. The van der Waals surface area contributed by atoms with Crippen molar-refractivity contribution in [3.8, 4) is 0 Å². The van der Waals surface area contributed by atoms with Crippen LogP contribution >= 0.6 is 11.6 Å². The van der Waals surface area contributed by atoms with Crippen LogP contribution in [-0.2, 0) is 10.0 Å². The smallest absolute Gasteiger partial charge is 0.251 e. The molecule has 0 atom stereocenters. The molecule has 0 fully saturated rings. The van der Waals surface area contributed by atoms with Gasteiger partial charge in [-0.15, -0.1) is 0 Å². The number of nitrogens with two attached hydrogens (primary N) is 1. The van der Waals surface area contributed by atoms with Gasteiger partial charge in [0.1, 0.15) is 0 Å². The summed E-state index contributed by atoms with van der Waals surface area (Å²) in [6.07, 6.45) is 0. The lowest BCUT2D eigenvalue weighted by Crippen LogP contribution is -2.25. The minimum Gasteiger partial charge on any atom is -0.347 e.